The van der Waals surface area contributed by atoms with E-state index in [1.807, 2.05) is 13.8 Å². The molecule has 0 saturated carbocycles. The molecule has 21 heavy (non-hydrogen) atoms. The van der Waals surface area contributed by atoms with E-state index in [9.17, 15) is 14.7 Å². The molecule has 0 heterocycles. The van der Waals surface area contributed by atoms with E-state index in [1.165, 1.54) is 7.11 Å². The Hall–Kier alpha value is -1.85. The largest absolute Gasteiger partial charge is 0.511 e. The van der Waals surface area contributed by atoms with Crippen molar-refractivity contribution in [2.24, 2.45) is 10.6 Å². The molecular formula is C15H23NO5. The van der Waals surface area contributed by atoms with Gasteiger partial charge in [-0.2, -0.15) is 0 Å². The van der Waals surface area contributed by atoms with Gasteiger partial charge in [-0.25, -0.2) is 0 Å². The molecule has 1 aliphatic rings. The summed E-state index contributed by atoms with van der Waals surface area (Å²) in [5.41, 5.74) is 0.218. The van der Waals surface area contributed by atoms with E-state index in [4.69, 9.17) is 4.84 Å². The van der Waals surface area contributed by atoms with E-state index < -0.39 is 5.97 Å². The highest BCUT2D eigenvalue weighted by Crippen LogP contribution is 2.36. The van der Waals surface area contributed by atoms with Crippen LogP contribution in [0.25, 0.3) is 0 Å². The van der Waals surface area contributed by atoms with Crippen LogP contribution in [-0.2, 0) is 19.2 Å². The predicted octanol–water partition coefficient (Wildman–Crippen LogP) is 2.53. The lowest BCUT2D eigenvalue weighted by Gasteiger charge is -2.29. The smallest absolute Gasteiger partial charge is 0.305 e. The molecule has 0 atom stereocenters. The number of hydrogen-bond donors (Lipinski definition) is 1. The standard InChI is InChI=1S/C15H23NO5/c1-5-21-16-10(6-7-13(19)20-4)14-11(17)8-15(2,3)9-12(14)18/h17H,5-9H2,1-4H3. The number of carbonyl (C=O) groups is 2. The number of ketones is 1. The number of methoxy groups -OCH3 is 1. The highest BCUT2D eigenvalue weighted by Gasteiger charge is 2.35. The summed E-state index contributed by atoms with van der Waals surface area (Å²) in [6.45, 7) is 5.95. The minimum Gasteiger partial charge on any atom is -0.511 e. The van der Waals surface area contributed by atoms with Gasteiger partial charge < -0.3 is 14.7 Å². The Labute approximate surface area is 124 Å². The zero-order chi connectivity index (χ0) is 16.0. The third kappa shape index (κ3) is 4.88. The lowest BCUT2D eigenvalue weighted by molar-refractivity contribution is -0.140. The lowest BCUT2D eigenvalue weighted by Crippen LogP contribution is -2.29. The molecule has 0 aromatic rings. The first kappa shape index (κ1) is 17.2. The van der Waals surface area contributed by atoms with Crippen LogP contribution in [0.3, 0.4) is 0 Å². The van der Waals surface area contributed by atoms with Gasteiger partial charge in [-0.15, -0.1) is 0 Å². The summed E-state index contributed by atoms with van der Waals surface area (Å²) < 4.78 is 4.58. The van der Waals surface area contributed by atoms with E-state index in [1.54, 1.807) is 6.92 Å². The predicted molar refractivity (Wildman–Crippen MR) is 78.0 cm³/mol. The van der Waals surface area contributed by atoms with Gasteiger partial charge in [-0.05, 0) is 12.3 Å². The first-order chi connectivity index (χ1) is 9.80. The molecular weight excluding hydrogens is 274 g/mol. The minimum absolute atomic E-state index is 0.0135. The first-order valence-corrected chi connectivity index (χ1v) is 7.02. The molecule has 0 spiro atoms. The van der Waals surface area contributed by atoms with E-state index >= 15 is 0 Å². The van der Waals surface area contributed by atoms with E-state index in [2.05, 4.69) is 9.89 Å². The van der Waals surface area contributed by atoms with Crippen molar-refractivity contribution >= 4 is 17.5 Å². The summed E-state index contributed by atoms with van der Waals surface area (Å²) in [5.74, 6) is -0.561. The molecule has 1 rings (SSSR count). The maximum Gasteiger partial charge on any atom is 0.305 e. The molecule has 0 amide bonds. The number of nitrogens with zero attached hydrogens (tertiary/aromatic N) is 1. The Balaban J connectivity index is 3.02. The highest BCUT2D eigenvalue weighted by molar-refractivity contribution is 6.23. The van der Waals surface area contributed by atoms with E-state index in [0.29, 0.717) is 25.2 Å². The number of ether oxygens (including phenoxy) is 1. The Kier molecular flexibility index (Phi) is 5.93. The van der Waals surface area contributed by atoms with Crippen molar-refractivity contribution in [3.05, 3.63) is 11.3 Å². The van der Waals surface area contributed by atoms with E-state index in [0.717, 1.165) is 0 Å². The quantitative estimate of drug-likeness (QED) is 0.462. The number of esters is 1. The number of hydrogen-bond acceptors (Lipinski definition) is 6. The number of aliphatic hydroxyl groups is 1. The lowest BCUT2D eigenvalue weighted by atomic mass is 9.75. The Bertz CT molecular complexity index is 476. The summed E-state index contributed by atoms with van der Waals surface area (Å²) in [7, 11) is 1.30. The van der Waals surface area contributed by atoms with Crippen molar-refractivity contribution < 1.29 is 24.3 Å². The number of oxime groups is 1. The SMILES string of the molecule is CCON=C(CCC(=O)OC)C1=C(O)CC(C)(C)CC1=O. The monoisotopic (exact) mass is 297 g/mol. The number of Topliss-reactive ketones (excluding diaryl/α,β-unsaturated/α-hetero) is 1. The Morgan fingerprint density at radius 3 is 2.52 bits per heavy atom. The molecule has 6 nitrogen and oxygen atoms in total. The van der Waals surface area contributed by atoms with Gasteiger partial charge in [0.2, 0.25) is 0 Å². The normalized spacial score (nSPS) is 18.7. The van der Waals surface area contributed by atoms with Crippen LogP contribution < -0.4 is 0 Å². The van der Waals surface area contributed by atoms with Crippen LogP contribution in [0.2, 0.25) is 0 Å². The van der Waals surface area contributed by atoms with Gasteiger partial charge >= 0.3 is 5.97 Å². The van der Waals surface area contributed by atoms with Crippen molar-refractivity contribution in [2.45, 2.75) is 46.5 Å². The molecule has 6 heteroatoms. The van der Waals surface area contributed by atoms with Crippen molar-refractivity contribution in [1.82, 2.24) is 0 Å². The number of carbonyl (C=O) groups excluding carboxylic acids is 2. The molecule has 0 bridgehead atoms. The van der Waals surface area contributed by atoms with Crippen molar-refractivity contribution in [2.75, 3.05) is 13.7 Å². The maximum absolute atomic E-state index is 12.3. The topological polar surface area (TPSA) is 85.2 Å². The average Bonchev–Trinajstić information content (AvgIpc) is 2.38. The van der Waals surface area contributed by atoms with Gasteiger partial charge in [-0.3, -0.25) is 9.59 Å². The fourth-order valence-corrected chi connectivity index (χ4v) is 2.30. The van der Waals surface area contributed by atoms with Crippen LogP contribution in [0.4, 0.5) is 0 Å². The maximum atomic E-state index is 12.3. The van der Waals surface area contributed by atoms with Crippen LogP contribution in [0.15, 0.2) is 16.5 Å². The molecule has 1 N–H and O–H groups in total. The first-order valence-electron chi connectivity index (χ1n) is 7.02. The Morgan fingerprint density at radius 1 is 1.33 bits per heavy atom. The molecule has 1 aliphatic carbocycles. The third-order valence-electron chi connectivity index (χ3n) is 3.24. The fourth-order valence-electron chi connectivity index (χ4n) is 2.30. The number of allylic oxidation sites excluding steroid dienone is 2. The molecule has 0 unspecified atom stereocenters. The summed E-state index contributed by atoms with van der Waals surface area (Å²) in [6.07, 6.45) is 1.00. The van der Waals surface area contributed by atoms with Crippen LogP contribution in [0, 0.1) is 5.41 Å². The second kappa shape index (κ2) is 7.24. The molecule has 0 saturated heterocycles. The third-order valence-corrected chi connectivity index (χ3v) is 3.24. The molecule has 0 aliphatic heterocycles. The average molecular weight is 297 g/mol. The van der Waals surface area contributed by atoms with Gasteiger partial charge in [0, 0.05) is 19.3 Å². The summed E-state index contributed by atoms with van der Waals surface area (Å²) in [4.78, 5) is 28.5. The summed E-state index contributed by atoms with van der Waals surface area (Å²) >= 11 is 0. The van der Waals surface area contributed by atoms with Crippen molar-refractivity contribution in [3.63, 3.8) is 0 Å². The second-order valence-corrected chi connectivity index (χ2v) is 5.79. The molecule has 0 radical (unpaired) electrons. The fraction of sp³-hybridized carbons (Fsp3) is 0.667. The number of aliphatic hydroxyl groups excluding tert-OH is 1. The number of rotatable bonds is 6. The summed E-state index contributed by atoms with van der Waals surface area (Å²) in [6, 6.07) is 0. The van der Waals surface area contributed by atoms with Gasteiger partial charge in [0.25, 0.3) is 0 Å². The second-order valence-electron chi connectivity index (χ2n) is 5.79. The van der Waals surface area contributed by atoms with Crippen molar-refractivity contribution in [1.29, 1.82) is 0 Å². The van der Waals surface area contributed by atoms with Crippen molar-refractivity contribution in [3.8, 4) is 0 Å². The molecule has 0 aromatic heterocycles. The van der Waals surface area contributed by atoms with Crippen LogP contribution in [0.5, 0.6) is 0 Å². The van der Waals surface area contributed by atoms with Gasteiger partial charge in [-0.1, -0.05) is 19.0 Å². The van der Waals surface area contributed by atoms with E-state index in [-0.39, 0.29) is 35.4 Å². The molecule has 0 fully saturated rings. The molecule has 0 aromatic carbocycles. The van der Waals surface area contributed by atoms with Gasteiger partial charge in [0.05, 0.1) is 24.8 Å². The Morgan fingerprint density at radius 2 is 2.00 bits per heavy atom. The minimum atomic E-state index is -0.400. The summed E-state index contributed by atoms with van der Waals surface area (Å²) in [5, 5.41) is 14.1. The zero-order valence-corrected chi connectivity index (χ0v) is 13.1. The van der Waals surface area contributed by atoms with Crippen LogP contribution in [0.1, 0.15) is 46.5 Å². The zero-order valence-electron chi connectivity index (χ0n) is 13.1. The van der Waals surface area contributed by atoms with Crippen LogP contribution >= 0.6 is 0 Å². The molecule has 118 valence electrons. The van der Waals surface area contributed by atoms with Crippen LogP contribution in [-0.4, -0.2) is 36.3 Å². The highest BCUT2D eigenvalue weighted by atomic mass is 16.6. The van der Waals surface area contributed by atoms with Gasteiger partial charge in [0.15, 0.2) is 5.78 Å². The van der Waals surface area contributed by atoms with Gasteiger partial charge in [0.1, 0.15) is 12.4 Å².